The molecule has 1 heterocycles. The maximum Gasteiger partial charge on any atom is 0.354 e. The summed E-state index contributed by atoms with van der Waals surface area (Å²) in [4.78, 5) is 21.0. The third-order valence-corrected chi connectivity index (χ3v) is 2.82. The number of hydrogen-bond acceptors (Lipinski definition) is 5. The summed E-state index contributed by atoms with van der Waals surface area (Å²) in [5.74, 6) is 0.0194. The molecule has 6 heteroatoms. The zero-order valence-corrected chi connectivity index (χ0v) is 11.5. The maximum absolute atomic E-state index is 11.0. The number of nitrogens with zero attached hydrogens (tertiary/aromatic N) is 3. The van der Waals surface area contributed by atoms with Gasteiger partial charge < -0.3 is 14.7 Å². The zero-order valence-electron chi connectivity index (χ0n) is 11.5. The molecule has 0 saturated carbocycles. The Bertz CT molecular complexity index is 626. The van der Waals surface area contributed by atoms with Crippen molar-refractivity contribution in [2.75, 3.05) is 19.1 Å². The Morgan fingerprint density at radius 1 is 1.25 bits per heavy atom. The molecular weight excluding hydrogens is 258 g/mol. The molecule has 0 aliphatic carbocycles. The van der Waals surface area contributed by atoms with E-state index in [1.54, 1.807) is 26.0 Å². The Hall–Kier alpha value is -2.63. The van der Waals surface area contributed by atoms with Crippen molar-refractivity contribution < 1.29 is 14.6 Å². The second-order valence-electron chi connectivity index (χ2n) is 4.26. The number of ether oxygens (including phenoxy) is 1. The fraction of sp³-hybridized carbons (Fsp3) is 0.214. The van der Waals surface area contributed by atoms with Gasteiger partial charge in [-0.1, -0.05) is 0 Å². The van der Waals surface area contributed by atoms with Gasteiger partial charge in [0.15, 0.2) is 5.69 Å². The van der Waals surface area contributed by atoms with Crippen LogP contribution in [0.2, 0.25) is 0 Å². The molecular formula is C14H15N3O3. The van der Waals surface area contributed by atoms with Crippen molar-refractivity contribution >= 4 is 17.6 Å². The summed E-state index contributed by atoms with van der Waals surface area (Å²) in [5, 5.41) is 9.03. The first-order chi connectivity index (χ1) is 9.51. The van der Waals surface area contributed by atoms with Crippen molar-refractivity contribution in [1.29, 1.82) is 0 Å². The van der Waals surface area contributed by atoms with Gasteiger partial charge in [-0.15, -0.1) is 0 Å². The lowest BCUT2D eigenvalue weighted by Crippen LogP contribution is -2.15. The van der Waals surface area contributed by atoms with E-state index in [-0.39, 0.29) is 5.69 Å². The molecule has 20 heavy (non-hydrogen) atoms. The summed E-state index contributed by atoms with van der Waals surface area (Å²) < 4.78 is 5.10. The predicted octanol–water partition coefficient (Wildman–Crippen LogP) is 2.26. The molecule has 0 amide bonds. The molecule has 1 aromatic carbocycles. The lowest BCUT2D eigenvalue weighted by molar-refractivity contribution is 0.0690. The number of aryl methyl sites for hydroxylation is 1. The van der Waals surface area contributed by atoms with Gasteiger partial charge in [-0.25, -0.2) is 14.8 Å². The van der Waals surface area contributed by atoms with Gasteiger partial charge in [-0.2, -0.15) is 0 Å². The number of benzene rings is 1. The molecule has 1 N–H and O–H groups in total. The first-order valence-corrected chi connectivity index (χ1v) is 5.98. The number of carboxylic acids is 1. The van der Waals surface area contributed by atoms with Gasteiger partial charge in [0.2, 0.25) is 5.95 Å². The molecule has 0 saturated heterocycles. The summed E-state index contributed by atoms with van der Waals surface area (Å²) in [7, 11) is 3.38. The molecule has 0 bridgehead atoms. The van der Waals surface area contributed by atoms with Crippen LogP contribution in [0.3, 0.4) is 0 Å². The van der Waals surface area contributed by atoms with E-state index in [4.69, 9.17) is 9.84 Å². The number of carbonyl (C=O) groups is 1. The van der Waals surface area contributed by atoms with E-state index in [1.165, 1.54) is 6.07 Å². The van der Waals surface area contributed by atoms with Gasteiger partial charge in [-0.05, 0) is 37.3 Å². The van der Waals surface area contributed by atoms with Gasteiger partial charge in [0.05, 0.1) is 7.11 Å². The average Bonchev–Trinajstić information content (AvgIpc) is 2.46. The van der Waals surface area contributed by atoms with Crippen molar-refractivity contribution in [3.63, 3.8) is 0 Å². The van der Waals surface area contributed by atoms with Crippen molar-refractivity contribution in [2.24, 2.45) is 0 Å². The smallest absolute Gasteiger partial charge is 0.354 e. The summed E-state index contributed by atoms with van der Waals surface area (Å²) in [6.45, 7) is 1.74. The summed E-state index contributed by atoms with van der Waals surface area (Å²) in [6, 6.07) is 8.78. The highest BCUT2D eigenvalue weighted by Gasteiger charge is 2.13. The average molecular weight is 273 g/mol. The number of anilines is 2. The number of aromatic carboxylic acids is 1. The minimum atomic E-state index is -1.07. The molecule has 0 unspecified atom stereocenters. The molecule has 1 aromatic heterocycles. The highest BCUT2D eigenvalue weighted by Crippen LogP contribution is 2.23. The predicted molar refractivity (Wildman–Crippen MR) is 74.8 cm³/mol. The van der Waals surface area contributed by atoms with Crippen LogP contribution in [0.5, 0.6) is 5.75 Å². The Morgan fingerprint density at radius 2 is 1.90 bits per heavy atom. The number of aromatic nitrogens is 2. The molecule has 6 nitrogen and oxygen atoms in total. The van der Waals surface area contributed by atoms with E-state index in [0.717, 1.165) is 11.4 Å². The summed E-state index contributed by atoms with van der Waals surface area (Å²) in [6.07, 6.45) is 0. The van der Waals surface area contributed by atoms with Crippen LogP contribution in [0, 0.1) is 6.92 Å². The van der Waals surface area contributed by atoms with Crippen LogP contribution in [-0.4, -0.2) is 35.2 Å². The van der Waals surface area contributed by atoms with Crippen LogP contribution < -0.4 is 9.64 Å². The molecule has 0 spiro atoms. The van der Waals surface area contributed by atoms with Crippen molar-refractivity contribution in [3.8, 4) is 5.75 Å². The molecule has 0 radical (unpaired) electrons. The minimum absolute atomic E-state index is 0.0205. The van der Waals surface area contributed by atoms with Gasteiger partial charge in [0.25, 0.3) is 0 Å². The standard InChI is InChI=1S/C14H15N3O3/c1-9-8-12(13(18)19)16-14(15-9)17(2)10-4-6-11(20-3)7-5-10/h4-8H,1-3H3,(H,18,19). The molecule has 0 aliphatic rings. The van der Waals surface area contributed by atoms with Gasteiger partial charge in [-0.3, -0.25) is 0 Å². The Kier molecular flexibility index (Phi) is 3.84. The van der Waals surface area contributed by atoms with E-state index < -0.39 is 5.97 Å². The molecule has 0 aliphatic heterocycles. The molecule has 104 valence electrons. The lowest BCUT2D eigenvalue weighted by atomic mass is 10.3. The van der Waals surface area contributed by atoms with E-state index >= 15 is 0 Å². The van der Waals surface area contributed by atoms with E-state index in [9.17, 15) is 4.79 Å². The highest BCUT2D eigenvalue weighted by molar-refractivity contribution is 5.85. The van der Waals surface area contributed by atoms with E-state index in [0.29, 0.717) is 11.6 Å². The van der Waals surface area contributed by atoms with Crippen LogP contribution in [0.4, 0.5) is 11.6 Å². The summed E-state index contributed by atoms with van der Waals surface area (Å²) in [5.41, 5.74) is 1.42. The van der Waals surface area contributed by atoms with Crippen LogP contribution in [0.1, 0.15) is 16.2 Å². The normalized spacial score (nSPS) is 10.2. The lowest BCUT2D eigenvalue weighted by Gasteiger charge is -2.18. The second kappa shape index (κ2) is 5.56. The number of methoxy groups -OCH3 is 1. The molecule has 2 aromatic rings. The third kappa shape index (κ3) is 2.85. The van der Waals surface area contributed by atoms with Crippen molar-refractivity contribution in [2.45, 2.75) is 6.92 Å². The van der Waals surface area contributed by atoms with E-state index in [1.807, 2.05) is 24.3 Å². The van der Waals surface area contributed by atoms with Crippen molar-refractivity contribution in [3.05, 3.63) is 41.7 Å². The number of rotatable bonds is 4. The van der Waals surface area contributed by atoms with Crippen molar-refractivity contribution in [1.82, 2.24) is 9.97 Å². The summed E-state index contributed by atoms with van der Waals surface area (Å²) >= 11 is 0. The van der Waals surface area contributed by atoms with Crippen LogP contribution in [0.15, 0.2) is 30.3 Å². The zero-order chi connectivity index (χ0) is 14.7. The third-order valence-electron chi connectivity index (χ3n) is 2.82. The largest absolute Gasteiger partial charge is 0.497 e. The Morgan fingerprint density at radius 3 is 2.45 bits per heavy atom. The number of hydrogen-bond donors (Lipinski definition) is 1. The monoisotopic (exact) mass is 273 g/mol. The van der Waals surface area contributed by atoms with Crippen LogP contribution >= 0.6 is 0 Å². The van der Waals surface area contributed by atoms with Gasteiger partial charge in [0.1, 0.15) is 5.75 Å². The molecule has 0 atom stereocenters. The quantitative estimate of drug-likeness (QED) is 0.920. The van der Waals surface area contributed by atoms with Crippen LogP contribution in [0.25, 0.3) is 0 Å². The fourth-order valence-corrected chi connectivity index (χ4v) is 1.73. The number of carboxylic acid groups (broad SMARTS) is 1. The molecule has 2 rings (SSSR count). The topological polar surface area (TPSA) is 75.5 Å². The SMILES string of the molecule is COc1ccc(N(C)c2nc(C)cc(C(=O)O)n2)cc1. The van der Waals surface area contributed by atoms with E-state index in [2.05, 4.69) is 9.97 Å². The fourth-order valence-electron chi connectivity index (χ4n) is 1.73. The minimum Gasteiger partial charge on any atom is -0.497 e. The Balaban J connectivity index is 2.36. The molecule has 0 fully saturated rings. The van der Waals surface area contributed by atoms with Crippen LogP contribution in [-0.2, 0) is 0 Å². The first-order valence-electron chi connectivity index (χ1n) is 5.98. The Labute approximate surface area is 116 Å². The highest BCUT2D eigenvalue weighted by atomic mass is 16.5. The first kappa shape index (κ1) is 13.8. The maximum atomic E-state index is 11.0. The second-order valence-corrected chi connectivity index (χ2v) is 4.26. The van der Waals surface area contributed by atoms with Gasteiger partial charge >= 0.3 is 5.97 Å². The van der Waals surface area contributed by atoms with Gasteiger partial charge in [0, 0.05) is 18.4 Å².